The summed E-state index contributed by atoms with van der Waals surface area (Å²) in [5.74, 6) is -0.998. The van der Waals surface area contributed by atoms with Crippen LogP contribution in [0, 0.1) is 0 Å². The van der Waals surface area contributed by atoms with Gasteiger partial charge in [-0.25, -0.2) is 9.59 Å². The molecule has 2 rings (SSSR count). The zero-order chi connectivity index (χ0) is 17.4. The van der Waals surface area contributed by atoms with E-state index in [2.05, 4.69) is 19.7 Å². The fourth-order valence-electron chi connectivity index (χ4n) is 1.76. The monoisotopic (exact) mass is 328 g/mol. The first-order valence-electron chi connectivity index (χ1n) is 7.00. The molecule has 0 fully saturated rings. The lowest BCUT2D eigenvalue weighted by Crippen LogP contribution is -2.11. The molecule has 0 radical (unpaired) electrons. The van der Waals surface area contributed by atoms with Gasteiger partial charge in [-0.2, -0.15) is 10.2 Å². The van der Waals surface area contributed by atoms with Gasteiger partial charge in [0.15, 0.2) is 0 Å². The molecule has 0 aliphatic rings. The molecular weight excluding hydrogens is 312 g/mol. The Labute approximate surface area is 138 Å². The van der Waals surface area contributed by atoms with E-state index in [-0.39, 0.29) is 13.5 Å². The van der Waals surface area contributed by atoms with Crippen molar-refractivity contribution in [1.29, 1.82) is 0 Å². The number of rotatable bonds is 6. The van der Waals surface area contributed by atoms with Crippen LogP contribution in [0.3, 0.4) is 0 Å². The zero-order valence-electron chi connectivity index (χ0n) is 12.7. The van der Waals surface area contributed by atoms with Gasteiger partial charge in [0.25, 0.3) is 0 Å². The van der Waals surface area contributed by atoms with Crippen molar-refractivity contribution in [2.75, 3.05) is 13.5 Å². The van der Waals surface area contributed by atoms with E-state index in [1.165, 1.54) is 0 Å². The molecule has 0 aliphatic heterocycles. The maximum Gasteiger partial charge on any atom is 0.339 e. The Morgan fingerprint density at radius 1 is 0.708 bits per heavy atom. The maximum atomic E-state index is 11.5. The predicted molar refractivity (Wildman–Crippen MR) is 86.0 cm³/mol. The Kier molecular flexibility index (Phi) is 6.12. The number of azo groups is 1. The number of nitrogens with two attached hydrogens (primary N) is 2. The predicted octanol–water partition coefficient (Wildman–Crippen LogP) is 2.25. The van der Waals surface area contributed by atoms with Crippen molar-refractivity contribution in [2.24, 2.45) is 21.7 Å². The van der Waals surface area contributed by atoms with Crippen LogP contribution < -0.4 is 11.5 Å². The lowest BCUT2D eigenvalue weighted by atomic mass is 10.2. The Bertz CT molecular complexity index is 663. The number of nitrogens with zero attached hydrogens (tertiary/aromatic N) is 2. The second kappa shape index (κ2) is 8.51. The van der Waals surface area contributed by atoms with Crippen molar-refractivity contribution in [3.63, 3.8) is 0 Å². The standard InChI is InChI=1S/C16H16N4O4/c17-9-23-15(21)11-1-5-13(6-2-11)19-20-14-7-3-12(4-8-14)16(22)24-10-18/h1-8H,9-10,17-18H2. The summed E-state index contributed by atoms with van der Waals surface area (Å²) in [6.45, 7) is -0.343. The zero-order valence-corrected chi connectivity index (χ0v) is 12.7. The van der Waals surface area contributed by atoms with E-state index in [9.17, 15) is 9.59 Å². The molecule has 0 aliphatic carbocycles. The number of esters is 2. The first-order chi connectivity index (χ1) is 11.6. The first kappa shape index (κ1) is 17.3. The number of hydrogen-bond acceptors (Lipinski definition) is 8. The summed E-state index contributed by atoms with van der Waals surface area (Å²) in [6.07, 6.45) is 0. The van der Waals surface area contributed by atoms with Gasteiger partial charge in [0.1, 0.15) is 13.5 Å². The average molecular weight is 328 g/mol. The SMILES string of the molecule is NCOC(=O)c1ccc(N=Nc2ccc(C(=O)OCN)cc2)cc1. The normalized spacial score (nSPS) is 10.6. The molecule has 8 nitrogen and oxygen atoms in total. The van der Waals surface area contributed by atoms with E-state index in [0.717, 1.165) is 0 Å². The lowest BCUT2D eigenvalue weighted by Gasteiger charge is -2.02. The van der Waals surface area contributed by atoms with Crippen LogP contribution >= 0.6 is 0 Å². The Morgan fingerprint density at radius 3 is 1.33 bits per heavy atom. The molecule has 2 aromatic rings. The van der Waals surface area contributed by atoms with Gasteiger partial charge >= 0.3 is 11.9 Å². The van der Waals surface area contributed by atoms with Crippen molar-refractivity contribution in [1.82, 2.24) is 0 Å². The van der Waals surface area contributed by atoms with Gasteiger partial charge in [-0.05, 0) is 48.5 Å². The Morgan fingerprint density at radius 2 is 1.04 bits per heavy atom. The van der Waals surface area contributed by atoms with Crippen LogP contribution in [0.5, 0.6) is 0 Å². The number of benzene rings is 2. The van der Waals surface area contributed by atoms with Crippen molar-refractivity contribution < 1.29 is 19.1 Å². The van der Waals surface area contributed by atoms with Gasteiger partial charge in [0, 0.05) is 0 Å². The maximum absolute atomic E-state index is 11.5. The molecule has 2 aromatic carbocycles. The van der Waals surface area contributed by atoms with E-state index in [4.69, 9.17) is 11.5 Å². The second-order valence-corrected chi connectivity index (χ2v) is 4.49. The second-order valence-electron chi connectivity index (χ2n) is 4.49. The van der Waals surface area contributed by atoms with Gasteiger partial charge in [0.2, 0.25) is 0 Å². The molecule has 0 amide bonds. The first-order valence-corrected chi connectivity index (χ1v) is 7.00. The third kappa shape index (κ3) is 4.70. The van der Waals surface area contributed by atoms with Gasteiger partial charge < -0.3 is 9.47 Å². The molecule has 0 spiro atoms. The Balaban J connectivity index is 2.02. The van der Waals surface area contributed by atoms with Gasteiger partial charge in [0.05, 0.1) is 22.5 Å². The molecule has 0 saturated heterocycles. The molecule has 0 saturated carbocycles. The molecule has 0 aromatic heterocycles. The minimum atomic E-state index is -0.499. The van der Waals surface area contributed by atoms with Crippen LogP contribution in [0.25, 0.3) is 0 Å². The number of carbonyl (C=O) groups excluding carboxylic acids is 2. The van der Waals surface area contributed by atoms with E-state index in [0.29, 0.717) is 22.5 Å². The molecule has 0 unspecified atom stereocenters. The third-order valence-corrected chi connectivity index (χ3v) is 2.92. The topological polar surface area (TPSA) is 129 Å². The summed E-state index contributed by atoms with van der Waals surface area (Å²) in [5.41, 5.74) is 12.2. The van der Waals surface area contributed by atoms with E-state index < -0.39 is 11.9 Å². The van der Waals surface area contributed by atoms with Crippen molar-refractivity contribution in [3.8, 4) is 0 Å². The Hall–Kier alpha value is -3.10. The minimum Gasteiger partial charge on any atom is -0.446 e. The summed E-state index contributed by atoms with van der Waals surface area (Å²) in [7, 11) is 0. The van der Waals surface area contributed by atoms with Crippen LogP contribution in [0.2, 0.25) is 0 Å². The average Bonchev–Trinajstić information content (AvgIpc) is 2.61. The molecule has 0 atom stereocenters. The summed E-state index contributed by atoms with van der Waals surface area (Å²) in [5, 5.41) is 8.09. The van der Waals surface area contributed by atoms with Crippen LogP contribution in [-0.4, -0.2) is 25.4 Å². The fourth-order valence-corrected chi connectivity index (χ4v) is 1.76. The quantitative estimate of drug-likeness (QED) is 0.475. The smallest absolute Gasteiger partial charge is 0.339 e. The number of ether oxygens (including phenoxy) is 2. The molecule has 0 heterocycles. The van der Waals surface area contributed by atoms with Crippen molar-refractivity contribution in [2.45, 2.75) is 0 Å². The molecule has 4 N–H and O–H groups in total. The number of hydrogen-bond donors (Lipinski definition) is 2. The van der Waals surface area contributed by atoms with Gasteiger partial charge in [-0.15, -0.1) is 0 Å². The van der Waals surface area contributed by atoms with Crippen LogP contribution in [0.4, 0.5) is 11.4 Å². The highest BCUT2D eigenvalue weighted by Gasteiger charge is 2.06. The van der Waals surface area contributed by atoms with Crippen LogP contribution in [-0.2, 0) is 9.47 Å². The van der Waals surface area contributed by atoms with E-state index >= 15 is 0 Å². The highest BCUT2D eigenvalue weighted by atomic mass is 16.5. The van der Waals surface area contributed by atoms with Crippen LogP contribution in [0.15, 0.2) is 58.8 Å². The summed E-state index contributed by atoms with van der Waals surface area (Å²) < 4.78 is 9.37. The molecule has 0 bridgehead atoms. The van der Waals surface area contributed by atoms with Crippen molar-refractivity contribution >= 4 is 23.3 Å². The summed E-state index contributed by atoms with van der Waals surface area (Å²) >= 11 is 0. The minimum absolute atomic E-state index is 0.172. The summed E-state index contributed by atoms with van der Waals surface area (Å²) in [4.78, 5) is 22.9. The number of carbonyl (C=O) groups is 2. The van der Waals surface area contributed by atoms with E-state index in [1.54, 1.807) is 48.5 Å². The molecular formula is C16H16N4O4. The largest absolute Gasteiger partial charge is 0.446 e. The molecule has 8 heteroatoms. The third-order valence-electron chi connectivity index (χ3n) is 2.92. The lowest BCUT2D eigenvalue weighted by molar-refractivity contribution is 0.0505. The van der Waals surface area contributed by atoms with Crippen LogP contribution in [0.1, 0.15) is 20.7 Å². The highest BCUT2D eigenvalue weighted by Crippen LogP contribution is 2.19. The van der Waals surface area contributed by atoms with Gasteiger partial charge in [-0.1, -0.05) is 0 Å². The fraction of sp³-hybridized carbons (Fsp3) is 0.125. The van der Waals surface area contributed by atoms with Gasteiger partial charge in [-0.3, -0.25) is 11.5 Å². The highest BCUT2D eigenvalue weighted by molar-refractivity contribution is 5.90. The van der Waals surface area contributed by atoms with Crippen molar-refractivity contribution in [3.05, 3.63) is 59.7 Å². The molecule has 124 valence electrons. The van der Waals surface area contributed by atoms with E-state index in [1.807, 2.05) is 0 Å². The summed E-state index contributed by atoms with van der Waals surface area (Å²) in [6, 6.07) is 12.8. The molecule has 24 heavy (non-hydrogen) atoms.